The fourth-order valence-corrected chi connectivity index (χ4v) is 4.43. The third kappa shape index (κ3) is 4.38. The molecule has 0 radical (unpaired) electrons. The van der Waals surface area contributed by atoms with Crippen LogP contribution in [-0.4, -0.2) is 20.9 Å². The summed E-state index contributed by atoms with van der Waals surface area (Å²) in [6.45, 7) is 3.84. The quantitative estimate of drug-likeness (QED) is 0.308. The van der Waals surface area contributed by atoms with Crippen molar-refractivity contribution in [3.63, 3.8) is 0 Å². The number of aromatic nitrogens is 2. The molecule has 0 fully saturated rings. The molecule has 0 bridgehead atoms. The van der Waals surface area contributed by atoms with E-state index in [2.05, 4.69) is 10.4 Å². The fourth-order valence-electron chi connectivity index (χ4n) is 4.43. The molecule has 0 spiro atoms. The minimum atomic E-state index is -1.01. The second-order valence-corrected chi connectivity index (χ2v) is 8.91. The highest BCUT2D eigenvalue weighted by Crippen LogP contribution is 2.32. The first kappa shape index (κ1) is 23.1. The summed E-state index contributed by atoms with van der Waals surface area (Å²) < 4.78 is 8.11. The third-order valence-corrected chi connectivity index (χ3v) is 6.18. The van der Waals surface area contributed by atoms with Crippen molar-refractivity contribution >= 4 is 22.6 Å². The minimum absolute atomic E-state index is 0.138. The van der Waals surface area contributed by atoms with Crippen molar-refractivity contribution in [1.29, 1.82) is 0 Å². The Morgan fingerprint density at radius 1 is 1.03 bits per heavy atom. The maximum absolute atomic E-state index is 13.2. The van der Waals surface area contributed by atoms with Crippen molar-refractivity contribution in [1.82, 2.24) is 9.78 Å². The average Bonchev–Trinajstić information content (AvgIpc) is 3.30. The number of rotatable bonds is 6. The molecule has 2 N–H and O–H groups in total. The first-order valence-electron chi connectivity index (χ1n) is 11.6. The largest absolute Gasteiger partial charge is 0.478 e. The second-order valence-electron chi connectivity index (χ2n) is 8.91. The lowest BCUT2D eigenvalue weighted by atomic mass is 9.99. The molecule has 1 atom stereocenters. The van der Waals surface area contributed by atoms with Crippen LogP contribution in [0.25, 0.3) is 33.4 Å². The van der Waals surface area contributed by atoms with Gasteiger partial charge in [0.25, 0.3) is 0 Å². The SMILES string of the molecule is Cc1cc([C@@H](C)Nc2ccccc2C(=O)O)c2oc(-c3cccc(-c4cnn(C)c4)c3)cc(=O)c2c1. The predicted molar refractivity (Wildman–Crippen MR) is 140 cm³/mol. The van der Waals surface area contributed by atoms with Crippen molar-refractivity contribution in [2.24, 2.45) is 7.05 Å². The number of hydrogen-bond donors (Lipinski definition) is 2. The number of fused-ring (bicyclic) bond motifs is 1. The minimum Gasteiger partial charge on any atom is -0.478 e. The first-order valence-corrected chi connectivity index (χ1v) is 11.6. The number of para-hydroxylation sites is 1. The van der Waals surface area contributed by atoms with Gasteiger partial charge < -0.3 is 14.8 Å². The molecular formula is C29H25N3O4. The number of hydrogen-bond acceptors (Lipinski definition) is 5. The van der Waals surface area contributed by atoms with Gasteiger partial charge in [-0.2, -0.15) is 5.10 Å². The van der Waals surface area contributed by atoms with Crippen molar-refractivity contribution in [3.8, 4) is 22.5 Å². The van der Waals surface area contributed by atoms with Gasteiger partial charge >= 0.3 is 5.97 Å². The van der Waals surface area contributed by atoms with E-state index in [0.717, 1.165) is 27.8 Å². The van der Waals surface area contributed by atoms with Gasteiger partial charge in [0.2, 0.25) is 0 Å². The van der Waals surface area contributed by atoms with E-state index < -0.39 is 5.97 Å². The Morgan fingerprint density at radius 3 is 2.56 bits per heavy atom. The van der Waals surface area contributed by atoms with Crippen LogP contribution in [0.2, 0.25) is 0 Å². The molecule has 5 aromatic rings. The van der Waals surface area contributed by atoms with Gasteiger partial charge in [-0.25, -0.2) is 4.79 Å². The van der Waals surface area contributed by atoms with Crippen LogP contribution < -0.4 is 10.7 Å². The summed E-state index contributed by atoms with van der Waals surface area (Å²) in [7, 11) is 1.86. The lowest BCUT2D eigenvalue weighted by Gasteiger charge is -2.19. The van der Waals surface area contributed by atoms with Crippen LogP contribution in [0.1, 0.15) is 34.5 Å². The molecule has 5 rings (SSSR count). The Balaban J connectivity index is 1.61. The monoisotopic (exact) mass is 479 g/mol. The predicted octanol–water partition coefficient (Wildman–Crippen LogP) is 6.04. The number of carboxylic acids is 1. The zero-order chi connectivity index (χ0) is 25.4. The second kappa shape index (κ2) is 9.19. The zero-order valence-corrected chi connectivity index (χ0v) is 20.1. The summed E-state index contributed by atoms with van der Waals surface area (Å²) in [5.41, 5.74) is 5.40. The van der Waals surface area contributed by atoms with Crippen LogP contribution in [0.15, 0.2) is 88.3 Å². The molecular weight excluding hydrogens is 454 g/mol. The number of aryl methyl sites for hydroxylation is 2. The van der Waals surface area contributed by atoms with Crippen LogP contribution in [0.3, 0.4) is 0 Å². The number of carboxylic acid groups (broad SMARTS) is 1. The summed E-state index contributed by atoms with van der Waals surface area (Å²) >= 11 is 0. The molecule has 0 aliphatic heterocycles. The highest BCUT2D eigenvalue weighted by atomic mass is 16.4. The van der Waals surface area contributed by atoms with E-state index in [1.807, 2.05) is 63.5 Å². The van der Waals surface area contributed by atoms with Gasteiger partial charge in [0, 0.05) is 41.7 Å². The first-order chi connectivity index (χ1) is 17.3. The zero-order valence-electron chi connectivity index (χ0n) is 20.1. The van der Waals surface area contributed by atoms with Gasteiger partial charge in [-0.3, -0.25) is 9.48 Å². The molecule has 0 aliphatic carbocycles. The maximum Gasteiger partial charge on any atom is 0.337 e. The van der Waals surface area contributed by atoms with E-state index >= 15 is 0 Å². The van der Waals surface area contributed by atoms with Gasteiger partial charge in [-0.1, -0.05) is 36.4 Å². The molecule has 0 aliphatic rings. The number of aromatic carboxylic acids is 1. The van der Waals surface area contributed by atoms with E-state index in [1.165, 1.54) is 6.07 Å². The highest BCUT2D eigenvalue weighted by molar-refractivity contribution is 5.94. The molecule has 2 aromatic heterocycles. The van der Waals surface area contributed by atoms with E-state index in [4.69, 9.17) is 4.42 Å². The van der Waals surface area contributed by atoms with Gasteiger partial charge in [0.1, 0.15) is 11.3 Å². The molecule has 36 heavy (non-hydrogen) atoms. The van der Waals surface area contributed by atoms with E-state index in [-0.39, 0.29) is 17.0 Å². The molecule has 0 saturated carbocycles. The third-order valence-electron chi connectivity index (χ3n) is 6.18. The summed E-state index contributed by atoms with van der Waals surface area (Å²) in [6.07, 6.45) is 3.72. The Morgan fingerprint density at radius 2 is 1.81 bits per heavy atom. The fraction of sp³-hybridized carbons (Fsp3) is 0.138. The maximum atomic E-state index is 13.2. The molecule has 7 heteroatoms. The molecule has 180 valence electrons. The summed E-state index contributed by atoms with van der Waals surface area (Å²) in [5, 5.41) is 17.6. The number of benzene rings is 3. The number of anilines is 1. The van der Waals surface area contributed by atoms with Crippen LogP contribution in [-0.2, 0) is 7.05 Å². The molecule has 0 saturated heterocycles. The molecule has 0 unspecified atom stereocenters. The van der Waals surface area contributed by atoms with Crippen molar-refractivity contribution < 1.29 is 14.3 Å². The Kier molecular flexibility index (Phi) is 5.90. The lowest BCUT2D eigenvalue weighted by molar-refractivity contribution is 0.0698. The average molecular weight is 480 g/mol. The van der Waals surface area contributed by atoms with Crippen molar-refractivity contribution in [3.05, 3.63) is 106 Å². The Hall–Kier alpha value is -4.65. The summed E-state index contributed by atoms with van der Waals surface area (Å²) in [5.74, 6) is -0.553. The van der Waals surface area contributed by atoms with Gasteiger partial charge in [0.05, 0.1) is 23.2 Å². The van der Waals surface area contributed by atoms with Gasteiger partial charge in [0.15, 0.2) is 5.43 Å². The number of nitrogens with zero attached hydrogens (tertiary/aromatic N) is 2. The Labute approximate surface area is 207 Å². The molecule has 2 heterocycles. The molecule has 3 aromatic carbocycles. The Bertz CT molecular complexity index is 1670. The standard InChI is InChI=1S/C29H25N3O4/c1-17-11-23(18(2)31-25-10-5-4-9-22(25)29(34)35)28-24(12-17)26(33)14-27(36-28)20-8-6-7-19(13-20)21-15-30-32(3)16-21/h4-16,18,31H,1-3H3,(H,34,35)/t18-/m1/s1. The lowest BCUT2D eigenvalue weighted by Crippen LogP contribution is -2.12. The van der Waals surface area contributed by atoms with Gasteiger partial charge in [-0.15, -0.1) is 0 Å². The van der Waals surface area contributed by atoms with E-state index in [9.17, 15) is 14.7 Å². The van der Waals surface area contributed by atoms with Crippen LogP contribution in [0.4, 0.5) is 5.69 Å². The topological polar surface area (TPSA) is 97.4 Å². The van der Waals surface area contributed by atoms with Crippen LogP contribution in [0.5, 0.6) is 0 Å². The van der Waals surface area contributed by atoms with Crippen molar-refractivity contribution in [2.75, 3.05) is 5.32 Å². The van der Waals surface area contributed by atoms with Crippen LogP contribution >= 0.6 is 0 Å². The van der Waals surface area contributed by atoms with Gasteiger partial charge in [-0.05, 0) is 49.2 Å². The molecule has 0 amide bonds. The summed E-state index contributed by atoms with van der Waals surface area (Å²) in [4.78, 5) is 24.9. The number of carbonyl (C=O) groups is 1. The van der Waals surface area contributed by atoms with E-state index in [0.29, 0.717) is 22.4 Å². The van der Waals surface area contributed by atoms with Crippen LogP contribution in [0, 0.1) is 6.92 Å². The van der Waals surface area contributed by atoms with E-state index in [1.54, 1.807) is 35.1 Å². The molecule has 7 nitrogen and oxygen atoms in total. The summed E-state index contributed by atoms with van der Waals surface area (Å²) in [6, 6.07) is 19.5. The normalized spacial score (nSPS) is 12.0. The number of nitrogens with one attached hydrogen (secondary N) is 1. The highest BCUT2D eigenvalue weighted by Gasteiger charge is 2.18. The smallest absolute Gasteiger partial charge is 0.337 e. The van der Waals surface area contributed by atoms with Crippen molar-refractivity contribution in [2.45, 2.75) is 19.9 Å².